The fraction of sp³-hybridized carbons (Fsp3) is 0. The number of pyridine rings is 1. The predicted molar refractivity (Wildman–Crippen MR) is 82.0 cm³/mol. The van der Waals surface area contributed by atoms with E-state index in [9.17, 15) is 8.78 Å². The number of fused-ring (bicyclic) bond motifs is 1. The summed E-state index contributed by atoms with van der Waals surface area (Å²) in [6, 6.07) is 7.37. The van der Waals surface area contributed by atoms with E-state index in [4.69, 9.17) is 16.1 Å². The maximum atomic E-state index is 14.1. The molecule has 4 aromatic rings. The quantitative estimate of drug-likeness (QED) is 0.536. The highest BCUT2D eigenvalue weighted by molar-refractivity contribution is 6.29. The molecule has 0 amide bonds. The van der Waals surface area contributed by atoms with Crippen molar-refractivity contribution in [2.75, 3.05) is 0 Å². The number of benzene rings is 1. The van der Waals surface area contributed by atoms with Crippen LogP contribution in [0.3, 0.4) is 0 Å². The van der Waals surface area contributed by atoms with E-state index in [1.165, 1.54) is 18.3 Å². The van der Waals surface area contributed by atoms with Gasteiger partial charge in [0.25, 0.3) is 0 Å². The second-order valence-electron chi connectivity index (χ2n) is 4.90. The van der Waals surface area contributed by atoms with Gasteiger partial charge in [-0.25, -0.2) is 13.8 Å². The van der Waals surface area contributed by atoms with Crippen LogP contribution >= 0.6 is 11.6 Å². The molecule has 23 heavy (non-hydrogen) atoms. The Morgan fingerprint density at radius 1 is 1.04 bits per heavy atom. The molecule has 7 heteroatoms. The summed E-state index contributed by atoms with van der Waals surface area (Å²) in [5.41, 5.74) is 1.64. The molecular formula is C16H8ClF2N3O. The average molecular weight is 332 g/mol. The number of rotatable bonds is 2. The molecule has 0 aliphatic rings. The average Bonchev–Trinajstić information content (AvgIpc) is 3.15. The largest absolute Gasteiger partial charge is 0.356 e. The molecule has 3 aromatic heterocycles. The van der Waals surface area contributed by atoms with E-state index in [-0.39, 0.29) is 5.56 Å². The maximum absolute atomic E-state index is 14.1. The van der Waals surface area contributed by atoms with Crippen molar-refractivity contribution in [2.45, 2.75) is 0 Å². The summed E-state index contributed by atoms with van der Waals surface area (Å²) in [6.45, 7) is 0. The van der Waals surface area contributed by atoms with Gasteiger partial charge >= 0.3 is 0 Å². The first-order chi connectivity index (χ1) is 11.1. The van der Waals surface area contributed by atoms with E-state index in [2.05, 4.69) is 15.1 Å². The van der Waals surface area contributed by atoms with Gasteiger partial charge in [-0.3, -0.25) is 0 Å². The number of H-pyrrole nitrogens is 1. The van der Waals surface area contributed by atoms with Crippen LogP contribution in [-0.4, -0.2) is 15.1 Å². The minimum absolute atomic E-state index is 0.0810. The number of nitrogens with one attached hydrogen (secondary N) is 1. The van der Waals surface area contributed by atoms with Gasteiger partial charge in [0.15, 0.2) is 17.4 Å². The summed E-state index contributed by atoms with van der Waals surface area (Å²) in [5.74, 6) is -1.55. The summed E-state index contributed by atoms with van der Waals surface area (Å²) >= 11 is 5.86. The first-order valence-electron chi connectivity index (χ1n) is 6.68. The van der Waals surface area contributed by atoms with Crippen LogP contribution in [0.25, 0.3) is 33.5 Å². The van der Waals surface area contributed by atoms with Crippen LogP contribution in [0.5, 0.6) is 0 Å². The van der Waals surface area contributed by atoms with Crippen LogP contribution in [0.2, 0.25) is 5.15 Å². The van der Waals surface area contributed by atoms with Crippen molar-refractivity contribution in [3.63, 3.8) is 0 Å². The Bertz CT molecular complexity index is 1030. The second kappa shape index (κ2) is 5.17. The number of nitrogens with zero attached hydrogens (tertiary/aromatic N) is 2. The standard InChI is InChI=1S/C16H8ClF2N3O/c17-13-5-4-9-10(6-20-16(9)22-13)15-11(7-21-23-15)8-2-1-3-12(18)14(8)19/h1-7H,(H,20,22). The SMILES string of the molecule is Fc1cccc(-c2cnoc2-c2c[nH]c3nc(Cl)ccc23)c1F. The third-order valence-electron chi connectivity index (χ3n) is 3.56. The van der Waals surface area contributed by atoms with Crippen LogP contribution in [0.15, 0.2) is 47.2 Å². The molecule has 0 bridgehead atoms. The van der Waals surface area contributed by atoms with Crippen LogP contribution in [0.1, 0.15) is 0 Å². The Morgan fingerprint density at radius 2 is 1.91 bits per heavy atom. The molecule has 0 atom stereocenters. The molecular weight excluding hydrogens is 324 g/mol. The fourth-order valence-corrected chi connectivity index (χ4v) is 2.65. The number of hydrogen-bond acceptors (Lipinski definition) is 3. The molecule has 1 aromatic carbocycles. The minimum atomic E-state index is -0.946. The number of aromatic amines is 1. The summed E-state index contributed by atoms with van der Waals surface area (Å²) in [7, 11) is 0. The molecule has 0 aliphatic heterocycles. The zero-order chi connectivity index (χ0) is 16.0. The lowest BCUT2D eigenvalue weighted by Gasteiger charge is -2.03. The van der Waals surface area contributed by atoms with E-state index in [0.29, 0.717) is 27.7 Å². The third-order valence-corrected chi connectivity index (χ3v) is 3.77. The van der Waals surface area contributed by atoms with Crippen molar-refractivity contribution in [1.29, 1.82) is 0 Å². The summed E-state index contributed by atoms with van der Waals surface area (Å²) in [6.07, 6.45) is 3.02. The smallest absolute Gasteiger partial charge is 0.176 e. The summed E-state index contributed by atoms with van der Waals surface area (Å²) in [5, 5.41) is 4.81. The molecule has 1 N–H and O–H groups in total. The number of aromatic nitrogens is 3. The summed E-state index contributed by atoms with van der Waals surface area (Å²) < 4.78 is 32.8. The van der Waals surface area contributed by atoms with E-state index in [1.807, 2.05) is 0 Å². The highest BCUT2D eigenvalue weighted by Crippen LogP contribution is 2.37. The van der Waals surface area contributed by atoms with Crippen molar-refractivity contribution >= 4 is 22.6 Å². The van der Waals surface area contributed by atoms with Gasteiger partial charge in [0, 0.05) is 22.7 Å². The van der Waals surface area contributed by atoms with E-state index in [0.717, 1.165) is 11.5 Å². The predicted octanol–water partition coefficient (Wildman–Crippen LogP) is 4.82. The molecule has 4 nitrogen and oxygen atoms in total. The molecule has 4 rings (SSSR count). The van der Waals surface area contributed by atoms with Crippen molar-refractivity contribution in [3.05, 3.63) is 59.5 Å². The van der Waals surface area contributed by atoms with Gasteiger partial charge in [0.05, 0.1) is 11.8 Å². The Kier molecular flexibility index (Phi) is 3.12. The third kappa shape index (κ3) is 2.19. The molecule has 0 radical (unpaired) electrons. The topological polar surface area (TPSA) is 54.7 Å². The number of hydrogen-bond donors (Lipinski definition) is 1. The molecule has 0 unspecified atom stereocenters. The normalized spacial score (nSPS) is 11.3. The monoisotopic (exact) mass is 331 g/mol. The first kappa shape index (κ1) is 13.9. The molecule has 0 aliphatic carbocycles. The lowest BCUT2D eigenvalue weighted by molar-refractivity contribution is 0.432. The van der Waals surface area contributed by atoms with Crippen molar-refractivity contribution in [2.24, 2.45) is 0 Å². The first-order valence-corrected chi connectivity index (χ1v) is 7.06. The molecule has 0 spiro atoms. The van der Waals surface area contributed by atoms with E-state index >= 15 is 0 Å². The van der Waals surface area contributed by atoms with Crippen LogP contribution in [-0.2, 0) is 0 Å². The van der Waals surface area contributed by atoms with Gasteiger partial charge in [-0.15, -0.1) is 0 Å². The zero-order valence-corrected chi connectivity index (χ0v) is 12.2. The van der Waals surface area contributed by atoms with Crippen LogP contribution in [0, 0.1) is 11.6 Å². The van der Waals surface area contributed by atoms with Crippen molar-refractivity contribution in [1.82, 2.24) is 15.1 Å². The second-order valence-corrected chi connectivity index (χ2v) is 5.29. The van der Waals surface area contributed by atoms with E-state index in [1.54, 1.807) is 18.3 Å². The Balaban J connectivity index is 1.94. The van der Waals surface area contributed by atoms with Gasteiger partial charge in [0.1, 0.15) is 10.8 Å². The summed E-state index contributed by atoms with van der Waals surface area (Å²) in [4.78, 5) is 7.12. The molecule has 0 saturated heterocycles. The highest BCUT2D eigenvalue weighted by Gasteiger charge is 2.20. The molecule has 3 heterocycles. The number of halogens is 3. The van der Waals surface area contributed by atoms with Gasteiger partial charge in [-0.1, -0.05) is 28.9 Å². The Hall–Kier alpha value is -2.73. The van der Waals surface area contributed by atoms with Gasteiger partial charge in [-0.2, -0.15) is 0 Å². The van der Waals surface area contributed by atoms with Gasteiger partial charge in [0.2, 0.25) is 0 Å². The lowest BCUT2D eigenvalue weighted by atomic mass is 10.0. The Labute approximate surface area is 133 Å². The van der Waals surface area contributed by atoms with Gasteiger partial charge < -0.3 is 9.51 Å². The fourth-order valence-electron chi connectivity index (χ4n) is 2.51. The molecule has 0 fully saturated rings. The highest BCUT2D eigenvalue weighted by atomic mass is 35.5. The van der Waals surface area contributed by atoms with Gasteiger partial charge in [-0.05, 0) is 18.2 Å². The molecule has 0 saturated carbocycles. The van der Waals surface area contributed by atoms with Crippen LogP contribution < -0.4 is 0 Å². The van der Waals surface area contributed by atoms with Crippen LogP contribution in [0.4, 0.5) is 8.78 Å². The van der Waals surface area contributed by atoms with Crippen molar-refractivity contribution < 1.29 is 13.3 Å². The lowest BCUT2D eigenvalue weighted by Crippen LogP contribution is -1.89. The maximum Gasteiger partial charge on any atom is 0.176 e. The Morgan fingerprint density at radius 3 is 2.78 bits per heavy atom. The minimum Gasteiger partial charge on any atom is -0.356 e. The van der Waals surface area contributed by atoms with Crippen molar-refractivity contribution in [3.8, 4) is 22.5 Å². The van der Waals surface area contributed by atoms with E-state index < -0.39 is 11.6 Å². The molecule has 114 valence electrons. The zero-order valence-electron chi connectivity index (χ0n) is 11.5.